The van der Waals surface area contributed by atoms with Gasteiger partial charge in [0.05, 0.1) is 25.5 Å². The van der Waals surface area contributed by atoms with Gasteiger partial charge in [-0.15, -0.1) is 24.0 Å². The average molecular weight is 486 g/mol. The molecule has 0 amide bonds. The van der Waals surface area contributed by atoms with Crippen molar-refractivity contribution in [1.29, 1.82) is 0 Å². The highest BCUT2D eigenvalue weighted by Crippen LogP contribution is 2.19. The van der Waals surface area contributed by atoms with Gasteiger partial charge in [-0.25, -0.2) is 4.98 Å². The van der Waals surface area contributed by atoms with Gasteiger partial charge >= 0.3 is 0 Å². The summed E-state index contributed by atoms with van der Waals surface area (Å²) in [6.45, 7) is 3.51. The summed E-state index contributed by atoms with van der Waals surface area (Å²) < 4.78 is 16.8. The Kier molecular flexibility index (Phi) is 9.57. The van der Waals surface area contributed by atoms with E-state index in [-0.39, 0.29) is 30.1 Å². The molecular formula is C19H27IN4O3. The first kappa shape index (κ1) is 21.6. The van der Waals surface area contributed by atoms with Crippen LogP contribution in [0.4, 0.5) is 0 Å². The zero-order valence-electron chi connectivity index (χ0n) is 15.5. The van der Waals surface area contributed by atoms with Gasteiger partial charge in [-0.3, -0.25) is 4.99 Å². The van der Waals surface area contributed by atoms with Crippen molar-refractivity contribution in [1.82, 2.24) is 15.6 Å². The summed E-state index contributed by atoms with van der Waals surface area (Å²) in [6.07, 6.45) is 3.91. The van der Waals surface area contributed by atoms with E-state index in [1.54, 1.807) is 13.2 Å². The van der Waals surface area contributed by atoms with E-state index in [4.69, 9.17) is 13.9 Å². The fourth-order valence-corrected chi connectivity index (χ4v) is 2.68. The first-order chi connectivity index (χ1) is 12.8. The van der Waals surface area contributed by atoms with Crippen molar-refractivity contribution in [3.8, 4) is 11.3 Å². The molecule has 0 saturated carbocycles. The molecule has 1 aromatic carbocycles. The molecule has 3 rings (SSSR count). The van der Waals surface area contributed by atoms with Crippen molar-refractivity contribution >= 4 is 29.9 Å². The molecule has 1 aliphatic rings. The van der Waals surface area contributed by atoms with Crippen LogP contribution in [0.2, 0.25) is 0 Å². The van der Waals surface area contributed by atoms with E-state index in [1.807, 2.05) is 30.3 Å². The summed E-state index contributed by atoms with van der Waals surface area (Å²) in [7, 11) is 1.74. The summed E-state index contributed by atoms with van der Waals surface area (Å²) in [5, 5.41) is 6.47. The van der Waals surface area contributed by atoms with E-state index < -0.39 is 0 Å². The second-order valence-electron chi connectivity index (χ2n) is 6.05. The monoisotopic (exact) mass is 486 g/mol. The number of hydrogen-bond donors (Lipinski definition) is 2. The summed E-state index contributed by atoms with van der Waals surface area (Å²) in [4.78, 5) is 8.52. The van der Waals surface area contributed by atoms with Crippen LogP contribution in [0.15, 0.2) is 45.9 Å². The number of oxazole rings is 1. The normalized spacial score (nSPS) is 16.8. The fourth-order valence-electron chi connectivity index (χ4n) is 2.68. The molecule has 0 aliphatic carbocycles. The molecule has 8 heteroatoms. The Morgan fingerprint density at radius 1 is 1.30 bits per heavy atom. The predicted molar refractivity (Wildman–Crippen MR) is 115 cm³/mol. The van der Waals surface area contributed by atoms with Crippen LogP contribution in [0.1, 0.15) is 18.7 Å². The lowest BCUT2D eigenvalue weighted by molar-refractivity contribution is 0.0420. The largest absolute Gasteiger partial charge is 0.439 e. The number of rotatable bonds is 8. The Hall–Kier alpha value is -1.65. The van der Waals surface area contributed by atoms with Gasteiger partial charge in [0.25, 0.3) is 0 Å². The Labute approximate surface area is 177 Å². The number of aromatic nitrogens is 1. The van der Waals surface area contributed by atoms with Crippen LogP contribution in [0, 0.1) is 0 Å². The Bertz CT molecular complexity index is 687. The maximum Gasteiger partial charge on any atom is 0.214 e. The first-order valence-electron chi connectivity index (χ1n) is 8.99. The molecule has 2 aromatic rings. The standard InChI is InChI=1S/C19H26N4O3.HI/c1-20-19(21-9-5-10-25-16-8-11-24-14-16)23-13-18-22-12-17(26-18)15-6-3-2-4-7-15;/h2-4,6-7,12,16H,5,8-11,13-14H2,1H3,(H2,20,21,23);1H. The number of ether oxygens (including phenoxy) is 2. The highest BCUT2D eigenvalue weighted by Gasteiger charge is 2.15. The number of aliphatic imine (C=N–C) groups is 1. The molecule has 1 aromatic heterocycles. The minimum Gasteiger partial charge on any atom is -0.439 e. The smallest absolute Gasteiger partial charge is 0.214 e. The number of nitrogens with one attached hydrogen (secondary N) is 2. The Morgan fingerprint density at radius 2 is 2.15 bits per heavy atom. The van der Waals surface area contributed by atoms with Crippen molar-refractivity contribution in [3.63, 3.8) is 0 Å². The third kappa shape index (κ3) is 7.11. The van der Waals surface area contributed by atoms with E-state index in [0.717, 1.165) is 50.5 Å². The molecule has 1 atom stereocenters. The zero-order chi connectivity index (χ0) is 18.0. The van der Waals surface area contributed by atoms with Crippen molar-refractivity contribution in [2.24, 2.45) is 4.99 Å². The van der Waals surface area contributed by atoms with Crippen molar-refractivity contribution < 1.29 is 13.9 Å². The summed E-state index contributed by atoms with van der Waals surface area (Å²) in [6, 6.07) is 9.93. The fraction of sp³-hybridized carbons (Fsp3) is 0.474. The van der Waals surface area contributed by atoms with E-state index in [2.05, 4.69) is 20.6 Å². The maximum atomic E-state index is 5.78. The van der Waals surface area contributed by atoms with E-state index in [0.29, 0.717) is 18.4 Å². The van der Waals surface area contributed by atoms with Crippen molar-refractivity contribution in [2.75, 3.05) is 33.4 Å². The minimum absolute atomic E-state index is 0. The highest BCUT2D eigenvalue weighted by atomic mass is 127. The van der Waals surface area contributed by atoms with Gasteiger partial charge in [0, 0.05) is 32.4 Å². The lowest BCUT2D eigenvalue weighted by Crippen LogP contribution is -2.37. The van der Waals surface area contributed by atoms with Gasteiger partial charge < -0.3 is 24.5 Å². The Balaban J connectivity index is 0.00000261. The van der Waals surface area contributed by atoms with Gasteiger partial charge in [0.1, 0.15) is 0 Å². The van der Waals surface area contributed by atoms with Crippen LogP contribution >= 0.6 is 24.0 Å². The molecule has 7 nitrogen and oxygen atoms in total. The van der Waals surface area contributed by atoms with E-state index in [9.17, 15) is 0 Å². The van der Waals surface area contributed by atoms with Gasteiger partial charge in [0.15, 0.2) is 11.7 Å². The molecule has 2 heterocycles. The molecule has 148 valence electrons. The minimum atomic E-state index is 0. The van der Waals surface area contributed by atoms with Gasteiger partial charge in [-0.2, -0.15) is 0 Å². The van der Waals surface area contributed by atoms with Crippen LogP contribution in [-0.2, 0) is 16.0 Å². The van der Waals surface area contributed by atoms with Crippen molar-refractivity contribution in [2.45, 2.75) is 25.5 Å². The van der Waals surface area contributed by atoms with E-state index in [1.165, 1.54) is 0 Å². The summed E-state index contributed by atoms with van der Waals surface area (Å²) in [5.74, 6) is 2.10. The topological polar surface area (TPSA) is 80.9 Å². The summed E-state index contributed by atoms with van der Waals surface area (Å²) in [5.41, 5.74) is 1.02. The predicted octanol–water partition coefficient (Wildman–Crippen LogP) is 2.82. The number of halogens is 1. The third-order valence-electron chi connectivity index (χ3n) is 4.10. The highest BCUT2D eigenvalue weighted by molar-refractivity contribution is 14.0. The van der Waals surface area contributed by atoms with Crippen LogP contribution in [-0.4, -0.2) is 50.5 Å². The number of guanidine groups is 1. The summed E-state index contributed by atoms with van der Waals surface area (Å²) >= 11 is 0. The zero-order valence-corrected chi connectivity index (χ0v) is 17.8. The average Bonchev–Trinajstić information content (AvgIpc) is 3.36. The number of nitrogens with zero attached hydrogens (tertiary/aromatic N) is 2. The van der Waals surface area contributed by atoms with Crippen LogP contribution in [0.5, 0.6) is 0 Å². The molecule has 1 saturated heterocycles. The molecule has 27 heavy (non-hydrogen) atoms. The van der Waals surface area contributed by atoms with Gasteiger partial charge in [-0.05, 0) is 12.8 Å². The molecule has 2 N–H and O–H groups in total. The first-order valence-corrected chi connectivity index (χ1v) is 8.99. The molecule has 0 radical (unpaired) electrons. The second kappa shape index (κ2) is 11.9. The van der Waals surface area contributed by atoms with Gasteiger partial charge in [-0.1, -0.05) is 30.3 Å². The van der Waals surface area contributed by atoms with Crippen LogP contribution < -0.4 is 10.6 Å². The van der Waals surface area contributed by atoms with E-state index >= 15 is 0 Å². The number of hydrogen-bond acceptors (Lipinski definition) is 5. The molecular weight excluding hydrogens is 459 g/mol. The lowest BCUT2D eigenvalue weighted by atomic mass is 10.2. The maximum absolute atomic E-state index is 5.78. The molecule has 0 bridgehead atoms. The molecule has 1 unspecified atom stereocenters. The number of benzene rings is 1. The molecule has 1 fully saturated rings. The second-order valence-corrected chi connectivity index (χ2v) is 6.05. The molecule has 1 aliphatic heterocycles. The quantitative estimate of drug-likeness (QED) is 0.259. The third-order valence-corrected chi connectivity index (χ3v) is 4.10. The van der Waals surface area contributed by atoms with Gasteiger partial charge in [0.2, 0.25) is 5.89 Å². The lowest BCUT2D eigenvalue weighted by Gasteiger charge is -2.12. The molecule has 0 spiro atoms. The van der Waals surface area contributed by atoms with Crippen molar-refractivity contribution in [3.05, 3.63) is 42.4 Å². The van der Waals surface area contributed by atoms with Crippen LogP contribution in [0.25, 0.3) is 11.3 Å². The Morgan fingerprint density at radius 3 is 2.89 bits per heavy atom. The van der Waals surface area contributed by atoms with Crippen LogP contribution in [0.3, 0.4) is 0 Å². The SMILES string of the molecule is CN=C(NCCCOC1CCOC1)NCc1ncc(-c2ccccc2)o1.I.